The lowest BCUT2D eigenvalue weighted by molar-refractivity contribution is -0.115. The second-order valence-electron chi connectivity index (χ2n) is 7.84. The van der Waals surface area contributed by atoms with E-state index >= 15 is 0 Å². The minimum absolute atomic E-state index is 0.104. The lowest BCUT2D eigenvalue weighted by Crippen LogP contribution is -2.49. The highest BCUT2D eigenvalue weighted by Gasteiger charge is 2.44. The van der Waals surface area contributed by atoms with Gasteiger partial charge in [-0.05, 0) is 48.7 Å². The lowest BCUT2D eigenvalue weighted by Gasteiger charge is -2.39. The minimum atomic E-state index is 0.104. The fourth-order valence-corrected chi connectivity index (χ4v) is 5.01. The number of benzene rings is 2. The highest BCUT2D eigenvalue weighted by molar-refractivity contribution is 6.30. The third-order valence-electron chi connectivity index (χ3n) is 6.10. The number of hydrogen-bond donors (Lipinski definition) is 1. The Morgan fingerprint density at radius 1 is 1.18 bits per heavy atom. The molecular formula is C22H24ClN3O2. The number of anilines is 2. The Kier molecular flexibility index (Phi) is 4.65. The van der Waals surface area contributed by atoms with Gasteiger partial charge >= 0.3 is 0 Å². The maximum absolute atomic E-state index is 12.1. The Hall–Kier alpha value is -2.24. The van der Waals surface area contributed by atoms with Gasteiger partial charge in [0.05, 0.1) is 24.5 Å². The van der Waals surface area contributed by atoms with Gasteiger partial charge < -0.3 is 19.9 Å². The van der Waals surface area contributed by atoms with Crippen LogP contribution in [0.2, 0.25) is 5.02 Å². The molecule has 5 rings (SSSR count). The number of carbonyl (C=O) groups is 1. The van der Waals surface area contributed by atoms with E-state index in [2.05, 4.69) is 27.2 Å². The van der Waals surface area contributed by atoms with Crippen molar-refractivity contribution in [3.05, 3.63) is 53.1 Å². The van der Waals surface area contributed by atoms with Crippen molar-refractivity contribution in [3.8, 4) is 5.75 Å². The summed E-state index contributed by atoms with van der Waals surface area (Å²) >= 11 is 5.91. The largest absolute Gasteiger partial charge is 0.494 e. The van der Waals surface area contributed by atoms with Crippen LogP contribution in [0, 0.1) is 0 Å². The van der Waals surface area contributed by atoms with E-state index in [1.54, 1.807) is 0 Å². The first-order chi connectivity index (χ1) is 13.7. The van der Waals surface area contributed by atoms with Crippen molar-refractivity contribution in [1.29, 1.82) is 0 Å². The van der Waals surface area contributed by atoms with Gasteiger partial charge in [0.15, 0.2) is 0 Å². The van der Waals surface area contributed by atoms with Crippen molar-refractivity contribution in [1.82, 2.24) is 4.90 Å². The monoisotopic (exact) mass is 397 g/mol. The van der Waals surface area contributed by atoms with Crippen molar-refractivity contribution in [3.63, 3.8) is 0 Å². The molecule has 2 atom stereocenters. The molecule has 6 heteroatoms. The van der Waals surface area contributed by atoms with E-state index < -0.39 is 0 Å². The molecule has 0 bridgehead atoms. The molecule has 0 spiro atoms. The van der Waals surface area contributed by atoms with Gasteiger partial charge in [-0.25, -0.2) is 0 Å². The van der Waals surface area contributed by atoms with Gasteiger partial charge in [-0.1, -0.05) is 23.7 Å². The Labute approximate surface area is 170 Å². The molecule has 146 valence electrons. The number of para-hydroxylation sites is 1. The van der Waals surface area contributed by atoms with E-state index in [4.69, 9.17) is 16.3 Å². The fraction of sp³-hybridized carbons (Fsp3) is 0.409. The molecule has 0 aromatic heterocycles. The second kappa shape index (κ2) is 7.30. The van der Waals surface area contributed by atoms with Gasteiger partial charge in [0, 0.05) is 36.6 Å². The van der Waals surface area contributed by atoms with Crippen LogP contribution in [0.1, 0.15) is 24.3 Å². The highest BCUT2D eigenvalue weighted by Crippen LogP contribution is 2.49. The summed E-state index contributed by atoms with van der Waals surface area (Å²) in [5, 5.41) is 3.76. The van der Waals surface area contributed by atoms with Crippen LogP contribution in [0.5, 0.6) is 5.75 Å². The third-order valence-corrected chi connectivity index (χ3v) is 6.36. The van der Waals surface area contributed by atoms with Crippen LogP contribution >= 0.6 is 11.6 Å². The number of hydrogen-bond acceptors (Lipinski definition) is 4. The van der Waals surface area contributed by atoms with Crippen LogP contribution in [0.4, 0.5) is 11.4 Å². The van der Waals surface area contributed by atoms with E-state index in [-0.39, 0.29) is 5.91 Å². The molecule has 1 amide bonds. The summed E-state index contributed by atoms with van der Waals surface area (Å²) in [5.41, 5.74) is 3.63. The summed E-state index contributed by atoms with van der Waals surface area (Å²) in [5.74, 6) is 1.45. The summed E-state index contributed by atoms with van der Waals surface area (Å²) in [6, 6.07) is 14.3. The van der Waals surface area contributed by atoms with Crippen molar-refractivity contribution in [2.24, 2.45) is 0 Å². The number of amides is 1. The molecule has 3 aliphatic rings. The molecule has 1 saturated heterocycles. The van der Waals surface area contributed by atoms with E-state index in [0.29, 0.717) is 25.1 Å². The Bertz CT molecular complexity index is 886. The highest BCUT2D eigenvalue weighted by atomic mass is 35.5. The fourth-order valence-electron chi connectivity index (χ4n) is 4.89. The summed E-state index contributed by atoms with van der Waals surface area (Å²) in [6.07, 6.45) is 2.10. The van der Waals surface area contributed by atoms with Crippen LogP contribution in [-0.4, -0.2) is 49.6 Å². The number of ether oxygens (including phenoxy) is 1. The number of likely N-dealkylation sites (tertiary alicyclic amines) is 1. The Morgan fingerprint density at radius 2 is 2.04 bits per heavy atom. The predicted molar refractivity (Wildman–Crippen MR) is 112 cm³/mol. The smallest absolute Gasteiger partial charge is 0.243 e. The number of nitrogens with one attached hydrogen (secondary N) is 1. The normalized spacial score (nSPS) is 23.2. The van der Waals surface area contributed by atoms with Crippen LogP contribution < -0.4 is 15.0 Å². The maximum atomic E-state index is 12.1. The maximum Gasteiger partial charge on any atom is 0.243 e. The zero-order chi connectivity index (χ0) is 19.1. The number of halogens is 1. The lowest BCUT2D eigenvalue weighted by atomic mass is 9.89. The first-order valence-electron chi connectivity index (χ1n) is 9.99. The summed E-state index contributed by atoms with van der Waals surface area (Å²) in [6.45, 7) is 4.34. The summed E-state index contributed by atoms with van der Waals surface area (Å²) < 4.78 is 5.83. The van der Waals surface area contributed by atoms with Gasteiger partial charge in [0.2, 0.25) is 5.91 Å². The van der Waals surface area contributed by atoms with Crippen LogP contribution in [0.15, 0.2) is 42.5 Å². The molecule has 2 unspecified atom stereocenters. The third kappa shape index (κ3) is 3.23. The van der Waals surface area contributed by atoms with Gasteiger partial charge in [-0.2, -0.15) is 0 Å². The predicted octanol–water partition coefficient (Wildman–Crippen LogP) is 3.74. The Morgan fingerprint density at radius 3 is 2.89 bits per heavy atom. The molecule has 2 aromatic rings. The van der Waals surface area contributed by atoms with E-state index in [0.717, 1.165) is 48.9 Å². The topological polar surface area (TPSA) is 44.8 Å². The molecule has 1 fully saturated rings. The van der Waals surface area contributed by atoms with Crippen LogP contribution in [0.3, 0.4) is 0 Å². The number of piperidine rings is 1. The number of fused-ring (bicyclic) bond motifs is 3. The molecule has 28 heavy (non-hydrogen) atoms. The average molecular weight is 398 g/mol. The van der Waals surface area contributed by atoms with Crippen molar-refractivity contribution in [2.75, 3.05) is 43.0 Å². The molecule has 0 aliphatic carbocycles. The average Bonchev–Trinajstić information content (AvgIpc) is 3.01. The molecule has 0 saturated carbocycles. The minimum Gasteiger partial charge on any atom is -0.494 e. The zero-order valence-electron chi connectivity index (χ0n) is 15.7. The quantitative estimate of drug-likeness (QED) is 0.780. The molecular weight excluding hydrogens is 374 g/mol. The van der Waals surface area contributed by atoms with Gasteiger partial charge in [-0.15, -0.1) is 0 Å². The Balaban J connectivity index is 1.20. The summed E-state index contributed by atoms with van der Waals surface area (Å²) in [7, 11) is 0. The summed E-state index contributed by atoms with van der Waals surface area (Å²) in [4.78, 5) is 17.0. The zero-order valence-corrected chi connectivity index (χ0v) is 16.5. The van der Waals surface area contributed by atoms with E-state index in [9.17, 15) is 4.79 Å². The van der Waals surface area contributed by atoms with Gasteiger partial charge in [0.1, 0.15) is 5.75 Å². The molecule has 3 aliphatic heterocycles. The van der Waals surface area contributed by atoms with Gasteiger partial charge in [0.25, 0.3) is 0 Å². The first kappa shape index (κ1) is 17.8. The SMILES string of the molecule is O=C1CN2c3c(cccc3C3CN(CCCOc4ccc(Cl)cc4)CCC32)N1. The van der Waals surface area contributed by atoms with E-state index in [1.165, 1.54) is 11.3 Å². The molecule has 0 radical (unpaired) electrons. The molecule has 3 heterocycles. The molecule has 2 aromatic carbocycles. The first-order valence-corrected chi connectivity index (χ1v) is 10.4. The second-order valence-corrected chi connectivity index (χ2v) is 8.27. The van der Waals surface area contributed by atoms with Crippen molar-refractivity contribution in [2.45, 2.75) is 24.8 Å². The van der Waals surface area contributed by atoms with Crippen molar-refractivity contribution >= 4 is 28.9 Å². The number of nitrogens with zero attached hydrogens (tertiary/aromatic N) is 2. The molecule has 1 N–H and O–H groups in total. The molecule has 5 nitrogen and oxygen atoms in total. The van der Waals surface area contributed by atoms with E-state index in [1.807, 2.05) is 30.3 Å². The van der Waals surface area contributed by atoms with Crippen LogP contribution in [-0.2, 0) is 4.79 Å². The van der Waals surface area contributed by atoms with Crippen molar-refractivity contribution < 1.29 is 9.53 Å². The standard InChI is InChI=1S/C22H24ClN3O2/c23-15-5-7-16(8-6-15)28-12-2-10-25-11-9-20-18(13-25)17-3-1-4-19-22(17)26(20)14-21(27)24-19/h1,3-8,18,20H,2,9-14H2,(H,24,27). The van der Waals surface area contributed by atoms with Gasteiger partial charge in [-0.3, -0.25) is 4.79 Å². The van der Waals surface area contributed by atoms with Crippen LogP contribution in [0.25, 0.3) is 0 Å². The number of carbonyl (C=O) groups excluding carboxylic acids is 1. The number of rotatable bonds is 5.